The summed E-state index contributed by atoms with van der Waals surface area (Å²) >= 11 is 2.15. The summed E-state index contributed by atoms with van der Waals surface area (Å²) in [6.07, 6.45) is 0.330. The van der Waals surface area contributed by atoms with Gasteiger partial charge in [-0.25, -0.2) is 13.3 Å². The van der Waals surface area contributed by atoms with Crippen LogP contribution in [0.25, 0.3) is 10.8 Å². The number of hydrogen-bond acceptors (Lipinski definition) is 4. The van der Waals surface area contributed by atoms with Crippen molar-refractivity contribution in [2.75, 3.05) is 4.90 Å². The van der Waals surface area contributed by atoms with Crippen LogP contribution in [-0.4, -0.2) is 36.6 Å². The fraction of sp³-hybridized carbons (Fsp3) is 0.250. The van der Waals surface area contributed by atoms with E-state index < -0.39 is 33.9 Å². The van der Waals surface area contributed by atoms with Gasteiger partial charge in [-0.05, 0) is 83.1 Å². The quantitative estimate of drug-likeness (QED) is 0.326. The highest BCUT2D eigenvalue weighted by molar-refractivity contribution is 14.1. The van der Waals surface area contributed by atoms with Crippen LogP contribution in [0.15, 0.2) is 71.6 Å². The van der Waals surface area contributed by atoms with Gasteiger partial charge in [0, 0.05) is 9.61 Å². The first-order valence-corrected chi connectivity index (χ1v) is 12.9. The highest BCUT2D eigenvalue weighted by Gasteiger charge is 2.48. The van der Waals surface area contributed by atoms with Crippen LogP contribution < -0.4 is 4.90 Å². The van der Waals surface area contributed by atoms with Crippen LogP contribution in [-0.2, 0) is 19.6 Å². The summed E-state index contributed by atoms with van der Waals surface area (Å²) in [5, 5.41) is 1.73. The lowest BCUT2D eigenvalue weighted by Gasteiger charge is -2.31. The molecule has 0 saturated carbocycles. The van der Waals surface area contributed by atoms with E-state index in [0.717, 1.165) is 19.2 Å². The Morgan fingerprint density at radius 3 is 2.34 bits per heavy atom. The van der Waals surface area contributed by atoms with Crippen LogP contribution in [0.5, 0.6) is 0 Å². The number of rotatable bonds is 6. The van der Waals surface area contributed by atoms with Crippen molar-refractivity contribution in [2.45, 2.75) is 43.7 Å². The average Bonchev–Trinajstić information content (AvgIpc) is 3.07. The molecule has 2 amide bonds. The van der Waals surface area contributed by atoms with Gasteiger partial charge in [-0.15, -0.1) is 0 Å². The molecule has 0 radical (unpaired) electrons. The van der Waals surface area contributed by atoms with E-state index in [0.29, 0.717) is 12.1 Å². The number of nitrogens with zero attached hydrogens (tertiary/aromatic N) is 2. The smallest absolute Gasteiger partial charge is 0.252 e. The number of anilines is 1. The molecule has 0 bridgehead atoms. The molecule has 2 unspecified atom stereocenters. The van der Waals surface area contributed by atoms with Crippen LogP contribution >= 0.6 is 22.6 Å². The molecular weight excluding hydrogens is 539 g/mol. The third-order valence-electron chi connectivity index (χ3n) is 5.84. The summed E-state index contributed by atoms with van der Waals surface area (Å²) in [5.74, 6) is -0.913. The number of hydrogen-bond donors (Lipinski definition) is 0. The number of amides is 2. The van der Waals surface area contributed by atoms with Gasteiger partial charge in [0.25, 0.3) is 5.91 Å². The number of sulfonamides is 1. The van der Waals surface area contributed by atoms with Crippen LogP contribution in [0, 0.1) is 3.57 Å². The minimum absolute atomic E-state index is 0.115. The molecule has 8 heteroatoms. The fourth-order valence-corrected chi connectivity index (χ4v) is 6.26. The molecule has 1 aliphatic rings. The van der Waals surface area contributed by atoms with E-state index in [2.05, 4.69) is 22.6 Å². The minimum Gasteiger partial charge on any atom is -0.274 e. The molecule has 166 valence electrons. The first-order valence-electron chi connectivity index (χ1n) is 10.4. The molecule has 32 heavy (non-hydrogen) atoms. The second kappa shape index (κ2) is 8.92. The maximum Gasteiger partial charge on any atom is 0.252 e. The molecule has 4 rings (SSSR count). The van der Waals surface area contributed by atoms with Gasteiger partial charge in [0.2, 0.25) is 15.9 Å². The molecule has 1 fully saturated rings. The number of imide groups is 1. The van der Waals surface area contributed by atoms with Gasteiger partial charge in [0.1, 0.15) is 6.04 Å². The summed E-state index contributed by atoms with van der Waals surface area (Å²) < 4.78 is 29.7. The van der Waals surface area contributed by atoms with E-state index in [1.807, 2.05) is 43.3 Å². The highest BCUT2D eigenvalue weighted by atomic mass is 127. The predicted molar refractivity (Wildman–Crippen MR) is 133 cm³/mol. The molecule has 6 nitrogen and oxygen atoms in total. The van der Waals surface area contributed by atoms with Gasteiger partial charge in [-0.2, -0.15) is 4.31 Å². The molecule has 0 aliphatic carbocycles. The number of fused-ring (bicyclic) bond motifs is 1. The van der Waals surface area contributed by atoms with E-state index in [1.165, 1.54) is 4.31 Å². The Hall–Kier alpha value is -2.30. The zero-order valence-corrected chi connectivity index (χ0v) is 20.7. The molecule has 2 atom stereocenters. The van der Waals surface area contributed by atoms with Crippen molar-refractivity contribution in [3.63, 3.8) is 0 Å². The van der Waals surface area contributed by atoms with Gasteiger partial charge in [0.15, 0.2) is 0 Å². The van der Waals surface area contributed by atoms with Crippen molar-refractivity contribution in [2.24, 2.45) is 0 Å². The van der Waals surface area contributed by atoms with E-state index in [9.17, 15) is 18.0 Å². The minimum atomic E-state index is -4.02. The second-order valence-electron chi connectivity index (χ2n) is 7.86. The van der Waals surface area contributed by atoms with Crippen molar-refractivity contribution in [1.29, 1.82) is 0 Å². The van der Waals surface area contributed by atoms with Crippen LogP contribution in [0.4, 0.5) is 5.69 Å². The molecule has 0 spiro atoms. The first kappa shape index (κ1) is 22.9. The summed E-state index contributed by atoms with van der Waals surface area (Å²) in [4.78, 5) is 27.4. The van der Waals surface area contributed by atoms with Gasteiger partial charge in [-0.3, -0.25) is 9.59 Å². The maximum absolute atomic E-state index is 13.7. The second-order valence-corrected chi connectivity index (χ2v) is 11.0. The van der Waals surface area contributed by atoms with E-state index in [-0.39, 0.29) is 11.3 Å². The molecular formula is C24H23IN2O4S. The van der Waals surface area contributed by atoms with E-state index >= 15 is 0 Å². The largest absolute Gasteiger partial charge is 0.274 e. The van der Waals surface area contributed by atoms with Gasteiger partial charge < -0.3 is 0 Å². The van der Waals surface area contributed by atoms with Crippen LogP contribution in [0.3, 0.4) is 0 Å². The van der Waals surface area contributed by atoms with Crippen LogP contribution in [0.2, 0.25) is 0 Å². The molecule has 0 aromatic heterocycles. The maximum atomic E-state index is 13.7. The standard InChI is InChI=1S/C24H23IN2O4S/c1-3-16(2)27(32(30,31)21-13-8-17-6-4-5-7-18(17)14-21)22-15-23(28)26(24(22)29)20-11-9-19(25)10-12-20/h4-14,16,22H,3,15H2,1-2H3. The number of carbonyl (C=O) groups is 2. The summed E-state index contributed by atoms with van der Waals surface area (Å²) in [6, 6.07) is 17.9. The Balaban J connectivity index is 1.75. The zero-order valence-electron chi connectivity index (χ0n) is 17.7. The number of carbonyl (C=O) groups excluding carboxylic acids is 2. The zero-order chi connectivity index (χ0) is 23.0. The summed E-state index contributed by atoms with van der Waals surface area (Å²) in [7, 11) is -4.02. The normalized spacial score (nSPS) is 18.0. The fourth-order valence-electron chi connectivity index (χ4n) is 4.02. The lowest BCUT2D eigenvalue weighted by atomic mass is 10.1. The van der Waals surface area contributed by atoms with Crippen LogP contribution in [0.1, 0.15) is 26.7 Å². The van der Waals surface area contributed by atoms with Crippen molar-refractivity contribution in [3.05, 3.63) is 70.3 Å². The van der Waals surface area contributed by atoms with E-state index in [1.54, 1.807) is 37.3 Å². The molecule has 1 heterocycles. The number of benzene rings is 3. The van der Waals surface area contributed by atoms with Crippen molar-refractivity contribution in [3.8, 4) is 0 Å². The Labute approximate surface area is 201 Å². The van der Waals surface area contributed by atoms with Crippen molar-refractivity contribution < 1.29 is 18.0 Å². The highest BCUT2D eigenvalue weighted by Crippen LogP contribution is 2.32. The summed E-state index contributed by atoms with van der Waals surface area (Å²) in [6.45, 7) is 3.63. The molecule has 3 aromatic rings. The average molecular weight is 562 g/mol. The van der Waals surface area contributed by atoms with Crippen molar-refractivity contribution in [1.82, 2.24) is 4.31 Å². The molecule has 1 aliphatic heterocycles. The van der Waals surface area contributed by atoms with Gasteiger partial charge >= 0.3 is 0 Å². The van der Waals surface area contributed by atoms with E-state index in [4.69, 9.17) is 0 Å². The van der Waals surface area contributed by atoms with Gasteiger partial charge in [0.05, 0.1) is 17.0 Å². The monoisotopic (exact) mass is 562 g/mol. The molecule has 0 N–H and O–H groups in total. The lowest BCUT2D eigenvalue weighted by Crippen LogP contribution is -2.49. The summed E-state index contributed by atoms with van der Waals surface area (Å²) in [5.41, 5.74) is 0.454. The lowest BCUT2D eigenvalue weighted by molar-refractivity contribution is -0.122. The first-order chi connectivity index (χ1) is 15.2. The Kier molecular flexibility index (Phi) is 6.37. The third kappa shape index (κ3) is 4.06. The number of halogens is 1. The van der Waals surface area contributed by atoms with Gasteiger partial charge in [-0.1, -0.05) is 37.3 Å². The third-order valence-corrected chi connectivity index (χ3v) is 8.57. The Bertz CT molecular complexity index is 1290. The molecule has 3 aromatic carbocycles. The van der Waals surface area contributed by atoms with Crippen molar-refractivity contribution >= 4 is 60.9 Å². The topological polar surface area (TPSA) is 74.8 Å². The predicted octanol–water partition coefficient (Wildman–Crippen LogP) is 4.57. The SMILES string of the molecule is CCC(C)N(C1CC(=O)N(c2ccc(I)cc2)C1=O)S(=O)(=O)c1ccc2ccccc2c1. The Morgan fingerprint density at radius 2 is 1.69 bits per heavy atom. The Morgan fingerprint density at radius 1 is 1.03 bits per heavy atom. The molecule has 1 saturated heterocycles.